The lowest BCUT2D eigenvalue weighted by Crippen LogP contribution is -2.07. The highest BCUT2D eigenvalue weighted by atomic mass is 31.1. The number of rotatable bonds is 1. The summed E-state index contributed by atoms with van der Waals surface area (Å²) in [6.07, 6.45) is -5.00. The fourth-order valence-electron chi connectivity index (χ4n) is 0.0990. The Morgan fingerprint density at radius 2 is 1.88 bits per heavy atom. The summed E-state index contributed by atoms with van der Waals surface area (Å²) in [4.78, 5) is 7.49. The molecule has 0 aromatic rings. The Labute approximate surface area is 43.0 Å². The van der Waals surface area contributed by atoms with E-state index in [1.165, 1.54) is 0 Å². The van der Waals surface area contributed by atoms with Crippen molar-refractivity contribution in [1.29, 1.82) is 0 Å². The fraction of sp³-hybridized carbons (Fsp3) is 1.00. The van der Waals surface area contributed by atoms with E-state index in [2.05, 4.69) is 4.52 Å². The van der Waals surface area contributed by atoms with Gasteiger partial charge in [0, 0.05) is 0 Å². The third kappa shape index (κ3) is 5.94. The number of hydrogen-bond donors (Lipinski definition) is 1. The molecule has 0 amide bonds. The second-order valence-electron chi connectivity index (χ2n) is 0.814. The average Bonchev–Trinajstić information content (AvgIpc) is 1.21. The Hall–Kier alpha value is -0.0600. The van der Waals surface area contributed by atoms with Gasteiger partial charge in [0.05, 0.1) is 0 Å². The lowest BCUT2D eigenvalue weighted by Gasteiger charge is -2.00. The predicted octanol–water partition coefficient (Wildman–Crippen LogP) is 0.905. The Kier molecular flexibility index (Phi) is 2.46. The van der Waals surface area contributed by atoms with Gasteiger partial charge in [0.1, 0.15) is 0 Å². The summed E-state index contributed by atoms with van der Waals surface area (Å²) < 4.78 is 44.0. The number of alkyl halides is 3. The summed E-state index contributed by atoms with van der Waals surface area (Å²) in [6, 6.07) is 0. The molecule has 0 aliphatic rings. The van der Waals surface area contributed by atoms with Crippen molar-refractivity contribution in [1.82, 2.24) is 0 Å². The maximum Gasteiger partial charge on any atom is 0.529 e. The molecular formula is CH2F3O3P. The molecule has 1 atom stereocenters. The number of hydrogen-bond acceptors (Lipinski definition) is 2. The highest BCUT2D eigenvalue weighted by Crippen LogP contribution is 2.29. The van der Waals surface area contributed by atoms with Gasteiger partial charge in [0.25, 0.3) is 0 Å². The molecule has 0 saturated carbocycles. The largest absolute Gasteiger partial charge is 0.529 e. The van der Waals surface area contributed by atoms with Crippen LogP contribution in [0.1, 0.15) is 0 Å². The van der Waals surface area contributed by atoms with Crippen LogP contribution in [0.25, 0.3) is 0 Å². The smallest absolute Gasteiger partial charge is 0.326 e. The maximum atomic E-state index is 10.7. The molecule has 50 valence electrons. The van der Waals surface area contributed by atoms with E-state index in [-0.39, 0.29) is 0 Å². The first-order valence-corrected chi connectivity index (χ1v) is 2.67. The highest BCUT2D eigenvalue weighted by molar-refractivity contribution is 7.32. The quantitative estimate of drug-likeness (QED) is 0.565. The van der Waals surface area contributed by atoms with Gasteiger partial charge >= 0.3 is 14.6 Å². The van der Waals surface area contributed by atoms with E-state index in [4.69, 9.17) is 4.89 Å². The molecule has 8 heavy (non-hydrogen) atoms. The molecule has 0 aliphatic carbocycles. The van der Waals surface area contributed by atoms with Crippen LogP contribution in [0, 0.1) is 0 Å². The fourth-order valence-corrected chi connectivity index (χ4v) is 0.297. The van der Waals surface area contributed by atoms with Crippen LogP contribution in [-0.2, 0) is 9.09 Å². The average molecular weight is 150 g/mol. The first-order chi connectivity index (χ1) is 3.42. The van der Waals surface area contributed by atoms with Crippen LogP contribution in [-0.4, -0.2) is 11.3 Å². The van der Waals surface area contributed by atoms with E-state index in [0.717, 1.165) is 0 Å². The van der Waals surface area contributed by atoms with E-state index >= 15 is 0 Å². The van der Waals surface area contributed by atoms with Gasteiger partial charge in [0.2, 0.25) is 0 Å². The van der Waals surface area contributed by atoms with E-state index in [1.54, 1.807) is 0 Å². The molecule has 3 nitrogen and oxygen atoms in total. The standard InChI is InChI=1S/CH2F3O3P/c2-1(3,4)7-8(5)6/h8H,(H,5,6). The zero-order valence-electron chi connectivity index (χ0n) is 3.40. The molecule has 7 heteroatoms. The molecule has 0 aliphatic heterocycles. The molecule has 0 aromatic heterocycles. The van der Waals surface area contributed by atoms with Crippen molar-refractivity contribution in [3.8, 4) is 0 Å². The minimum Gasteiger partial charge on any atom is -0.326 e. The molecule has 0 heterocycles. The molecule has 1 unspecified atom stereocenters. The zero-order valence-corrected chi connectivity index (χ0v) is 4.40. The topological polar surface area (TPSA) is 46.5 Å². The monoisotopic (exact) mass is 150 g/mol. The van der Waals surface area contributed by atoms with E-state index in [0.29, 0.717) is 0 Å². The Morgan fingerprint density at radius 1 is 1.50 bits per heavy atom. The molecule has 0 radical (unpaired) electrons. The van der Waals surface area contributed by atoms with Crippen LogP contribution in [0.5, 0.6) is 0 Å². The maximum absolute atomic E-state index is 10.7. The second kappa shape index (κ2) is 2.48. The van der Waals surface area contributed by atoms with Crippen LogP contribution in [0.3, 0.4) is 0 Å². The minimum absolute atomic E-state index is 2.54. The summed E-state index contributed by atoms with van der Waals surface area (Å²) >= 11 is 0. The van der Waals surface area contributed by atoms with Crippen LogP contribution < -0.4 is 0 Å². The van der Waals surface area contributed by atoms with Crippen LogP contribution >= 0.6 is 8.25 Å². The number of halogens is 3. The molecule has 1 N–H and O–H groups in total. The lowest BCUT2D eigenvalue weighted by molar-refractivity contribution is -0.275. The van der Waals surface area contributed by atoms with Crippen LogP contribution in [0.2, 0.25) is 0 Å². The van der Waals surface area contributed by atoms with E-state index < -0.39 is 14.6 Å². The molecular weight excluding hydrogens is 148 g/mol. The summed E-state index contributed by atoms with van der Waals surface area (Å²) in [7, 11) is -3.87. The predicted molar refractivity (Wildman–Crippen MR) is 18.4 cm³/mol. The van der Waals surface area contributed by atoms with Gasteiger partial charge in [0.15, 0.2) is 0 Å². The Balaban J connectivity index is 3.55. The summed E-state index contributed by atoms with van der Waals surface area (Å²) in [6.45, 7) is 0. The highest BCUT2D eigenvalue weighted by Gasteiger charge is 2.31. The molecule has 0 saturated heterocycles. The van der Waals surface area contributed by atoms with Crippen molar-refractivity contribution in [2.75, 3.05) is 0 Å². The van der Waals surface area contributed by atoms with E-state index in [9.17, 15) is 17.7 Å². The zero-order chi connectivity index (χ0) is 6.78. The normalized spacial score (nSPS) is 16.0. The minimum atomic E-state index is -5.00. The molecule has 0 fully saturated rings. The first-order valence-electron chi connectivity index (χ1n) is 1.40. The summed E-state index contributed by atoms with van der Waals surface area (Å²) in [5.74, 6) is 0. The van der Waals surface area contributed by atoms with Crippen molar-refractivity contribution >= 4 is 8.25 Å². The second-order valence-corrected chi connectivity index (χ2v) is 1.55. The van der Waals surface area contributed by atoms with Crippen molar-refractivity contribution in [3.05, 3.63) is 0 Å². The summed E-state index contributed by atoms with van der Waals surface area (Å²) in [5, 5.41) is 0. The van der Waals surface area contributed by atoms with Crippen molar-refractivity contribution in [3.63, 3.8) is 0 Å². The van der Waals surface area contributed by atoms with E-state index in [1.807, 2.05) is 0 Å². The first kappa shape index (κ1) is 7.94. The third-order valence-electron chi connectivity index (χ3n) is 0.203. The van der Waals surface area contributed by atoms with Gasteiger partial charge in [-0.3, -0.25) is 4.57 Å². The van der Waals surface area contributed by atoms with Gasteiger partial charge in [-0.2, -0.15) is 0 Å². The third-order valence-corrected chi connectivity index (χ3v) is 0.609. The van der Waals surface area contributed by atoms with Crippen molar-refractivity contribution in [2.45, 2.75) is 6.36 Å². The Morgan fingerprint density at radius 3 is 1.88 bits per heavy atom. The van der Waals surface area contributed by atoms with Crippen LogP contribution in [0.15, 0.2) is 0 Å². The molecule has 0 rings (SSSR count). The van der Waals surface area contributed by atoms with Crippen molar-refractivity contribution < 1.29 is 27.2 Å². The lowest BCUT2D eigenvalue weighted by atomic mass is 11.4. The van der Waals surface area contributed by atoms with Gasteiger partial charge in [-0.25, -0.2) is 4.52 Å². The molecule has 0 spiro atoms. The Bertz CT molecular complexity index is 97.2. The van der Waals surface area contributed by atoms with Crippen molar-refractivity contribution in [2.24, 2.45) is 0 Å². The SMILES string of the molecule is O=[PH](O)OC(F)(F)F. The molecule has 0 bridgehead atoms. The van der Waals surface area contributed by atoms with Crippen LogP contribution in [0.4, 0.5) is 13.2 Å². The van der Waals surface area contributed by atoms with Gasteiger partial charge in [-0.05, 0) is 0 Å². The molecule has 0 aromatic carbocycles. The van der Waals surface area contributed by atoms with Gasteiger partial charge in [-0.1, -0.05) is 0 Å². The van der Waals surface area contributed by atoms with Gasteiger partial charge in [-0.15, -0.1) is 13.2 Å². The van der Waals surface area contributed by atoms with Gasteiger partial charge < -0.3 is 4.89 Å². The summed E-state index contributed by atoms with van der Waals surface area (Å²) in [5.41, 5.74) is 0.